The van der Waals surface area contributed by atoms with E-state index in [9.17, 15) is 0 Å². The zero-order valence-electron chi connectivity index (χ0n) is 13.3. The van der Waals surface area contributed by atoms with Crippen molar-refractivity contribution >= 4 is 17.4 Å². The zero-order valence-corrected chi connectivity index (χ0v) is 14.1. The Morgan fingerprint density at radius 1 is 1.35 bits per heavy atom. The van der Waals surface area contributed by atoms with Gasteiger partial charge in [-0.2, -0.15) is 0 Å². The van der Waals surface area contributed by atoms with Gasteiger partial charge < -0.3 is 14.6 Å². The summed E-state index contributed by atoms with van der Waals surface area (Å²) in [5, 5.41) is 12.2. The van der Waals surface area contributed by atoms with Crippen LogP contribution in [0.5, 0.6) is 0 Å². The molecule has 1 spiro atoms. The summed E-state index contributed by atoms with van der Waals surface area (Å²) >= 11 is 6.27. The van der Waals surface area contributed by atoms with Crippen LogP contribution in [0.1, 0.15) is 31.2 Å². The third kappa shape index (κ3) is 2.23. The SMILES string of the molecule is CCNc1cc(C2(c3nncn3C)CC3(COC3)C2)cc(Cl)n1. The Morgan fingerprint density at radius 3 is 2.70 bits per heavy atom. The molecule has 2 aromatic rings. The van der Waals surface area contributed by atoms with Crippen LogP contribution in [0.15, 0.2) is 18.5 Å². The zero-order chi connectivity index (χ0) is 16.1. The molecular formula is C16H20ClN5O. The van der Waals surface area contributed by atoms with Crippen molar-refractivity contribution in [2.24, 2.45) is 12.5 Å². The Labute approximate surface area is 140 Å². The van der Waals surface area contributed by atoms with E-state index in [0.717, 1.165) is 49.8 Å². The Kier molecular flexibility index (Phi) is 3.35. The highest BCUT2D eigenvalue weighted by Crippen LogP contribution is 2.61. The molecule has 0 aromatic carbocycles. The molecule has 2 fully saturated rings. The molecule has 4 rings (SSSR count). The average Bonchev–Trinajstić information content (AvgIpc) is 2.83. The van der Waals surface area contributed by atoms with Gasteiger partial charge >= 0.3 is 0 Å². The average molecular weight is 334 g/mol. The van der Waals surface area contributed by atoms with Crippen LogP contribution < -0.4 is 5.32 Å². The first-order chi connectivity index (χ1) is 11.1. The van der Waals surface area contributed by atoms with E-state index in [1.807, 2.05) is 24.6 Å². The molecular weight excluding hydrogens is 314 g/mol. The lowest BCUT2D eigenvalue weighted by atomic mass is 9.49. The van der Waals surface area contributed by atoms with Crippen molar-refractivity contribution in [1.82, 2.24) is 19.7 Å². The second-order valence-corrected chi connectivity index (χ2v) is 7.18. The molecule has 0 atom stereocenters. The summed E-state index contributed by atoms with van der Waals surface area (Å²) in [4.78, 5) is 4.36. The van der Waals surface area contributed by atoms with Crippen molar-refractivity contribution in [2.75, 3.05) is 25.1 Å². The molecule has 1 N–H and O–H groups in total. The lowest BCUT2D eigenvalue weighted by Crippen LogP contribution is -2.60. The Balaban J connectivity index is 1.79. The van der Waals surface area contributed by atoms with Crippen molar-refractivity contribution in [3.05, 3.63) is 35.0 Å². The Hall–Kier alpha value is -1.66. The molecule has 2 aromatic heterocycles. The minimum Gasteiger partial charge on any atom is -0.380 e. The van der Waals surface area contributed by atoms with Gasteiger partial charge in [0.25, 0.3) is 0 Å². The van der Waals surface area contributed by atoms with E-state index in [-0.39, 0.29) is 5.41 Å². The molecule has 1 saturated heterocycles. The van der Waals surface area contributed by atoms with E-state index in [4.69, 9.17) is 16.3 Å². The quantitative estimate of drug-likeness (QED) is 0.870. The molecule has 6 nitrogen and oxygen atoms in total. The number of aryl methyl sites for hydroxylation is 1. The van der Waals surface area contributed by atoms with Crippen LogP contribution in [0.4, 0.5) is 5.82 Å². The van der Waals surface area contributed by atoms with Gasteiger partial charge in [0.2, 0.25) is 0 Å². The van der Waals surface area contributed by atoms with Crippen LogP contribution in [-0.2, 0) is 17.2 Å². The molecule has 2 aliphatic rings. The summed E-state index contributed by atoms with van der Waals surface area (Å²) in [7, 11) is 1.99. The van der Waals surface area contributed by atoms with E-state index in [2.05, 4.69) is 26.6 Å². The van der Waals surface area contributed by atoms with Gasteiger partial charge in [-0.3, -0.25) is 0 Å². The standard InChI is InChI=1S/C16H20ClN5O/c1-3-18-13-5-11(4-12(17)20-13)16(14-21-19-10-22(14)2)6-15(7-16)8-23-9-15/h4-5,10H,3,6-9H2,1-2H3,(H,18,20). The molecule has 23 heavy (non-hydrogen) atoms. The summed E-state index contributed by atoms with van der Waals surface area (Å²) in [6.07, 6.45) is 3.78. The van der Waals surface area contributed by atoms with E-state index < -0.39 is 0 Å². The number of rotatable bonds is 4. The number of aromatic nitrogens is 4. The second-order valence-electron chi connectivity index (χ2n) is 6.79. The first kappa shape index (κ1) is 14.9. The maximum Gasteiger partial charge on any atom is 0.143 e. The number of hydrogen-bond acceptors (Lipinski definition) is 5. The summed E-state index contributed by atoms with van der Waals surface area (Å²) < 4.78 is 7.46. The molecule has 7 heteroatoms. The smallest absolute Gasteiger partial charge is 0.143 e. The topological polar surface area (TPSA) is 64.9 Å². The number of halogens is 1. The first-order valence-electron chi connectivity index (χ1n) is 7.91. The van der Waals surface area contributed by atoms with E-state index >= 15 is 0 Å². The summed E-state index contributed by atoms with van der Waals surface area (Å²) in [5.41, 5.74) is 1.29. The van der Waals surface area contributed by atoms with Gasteiger partial charge in [0.05, 0.1) is 18.6 Å². The van der Waals surface area contributed by atoms with Gasteiger partial charge in [-0.1, -0.05) is 11.6 Å². The van der Waals surface area contributed by atoms with Crippen LogP contribution in [0, 0.1) is 5.41 Å². The third-order valence-corrected chi connectivity index (χ3v) is 5.21. The number of pyridine rings is 1. The van der Waals surface area contributed by atoms with E-state index in [0.29, 0.717) is 10.6 Å². The number of anilines is 1. The molecule has 3 heterocycles. The molecule has 0 bridgehead atoms. The second kappa shape index (κ2) is 5.18. The van der Waals surface area contributed by atoms with Gasteiger partial charge in [0.1, 0.15) is 23.1 Å². The van der Waals surface area contributed by atoms with Gasteiger partial charge in [-0.25, -0.2) is 4.98 Å². The van der Waals surface area contributed by atoms with Crippen molar-refractivity contribution in [3.63, 3.8) is 0 Å². The maximum absolute atomic E-state index is 6.27. The van der Waals surface area contributed by atoms with Gasteiger partial charge in [0.15, 0.2) is 0 Å². The Morgan fingerprint density at radius 2 is 2.13 bits per heavy atom. The molecule has 122 valence electrons. The van der Waals surface area contributed by atoms with Gasteiger partial charge in [-0.05, 0) is 37.5 Å². The van der Waals surface area contributed by atoms with Crippen molar-refractivity contribution < 1.29 is 4.74 Å². The van der Waals surface area contributed by atoms with Crippen LogP contribution >= 0.6 is 11.6 Å². The van der Waals surface area contributed by atoms with Crippen LogP contribution in [0.25, 0.3) is 0 Å². The van der Waals surface area contributed by atoms with Crippen molar-refractivity contribution in [3.8, 4) is 0 Å². The van der Waals surface area contributed by atoms with Crippen LogP contribution in [-0.4, -0.2) is 39.5 Å². The Bertz CT molecular complexity index is 732. The highest BCUT2D eigenvalue weighted by molar-refractivity contribution is 6.29. The molecule has 0 radical (unpaired) electrons. The first-order valence-corrected chi connectivity index (χ1v) is 8.29. The lowest BCUT2D eigenvalue weighted by Gasteiger charge is -2.59. The highest BCUT2D eigenvalue weighted by atomic mass is 35.5. The predicted molar refractivity (Wildman–Crippen MR) is 87.7 cm³/mol. The van der Waals surface area contributed by atoms with Crippen molar-refractivity contribution in [2.45, 2.75) is 25.2 Å². The summed E-state index contributed by atoms with van der Waals surface area (Å²) in [6.45, 7) is 4.53. The summed E-state index contributed by atoms with van der Waals surface area (Å²) in [6, 6.07) is 4.06. The molecule has 0 unspecified atom stereocenters. The summed E-state index contributed by atoms with van der Waals surface area (Å²) in [5.74, 6) is 1.79. The fraction of sp³-hybridized carbons (Fsp3) is 0.562. The molecule has 0 amide bonds. The minimum atomic E-state index is -0.161. The lowest BCUT2D eigenvalue weighted by molar-refractivity contribution is -0.182. The largest absolute Gasteiger partial charge is 0.380 e. The molecule has 1 aliphatic carbocycles. The van der Waals surface area contributed by atoms with Gasteiger partial charge in [0, 0.05) is 19.0 Å². The third-order valence-electron chi connectivity index (χ3n) is 5.01. The van der Waals surface area contributed by atoms with Crippen LogP contribution in [0.3, 0.4) is 0 Å². The predicted octanol–water partition coefficient (Wildman–Crippen LogP) is 2.39. The van der Waals surface area contributed by atoms with E-state index in [1.54, 1.807) is 6.33 Å². The van der Waals surface area contributed by atoms with Crippen molar-refractivity contribution in [1.29, 1.82) is 0 Å². The minimum absolute atomic E-state index is 0.161. The molecule has 1 saturated carbocycles. The fourth-order valence-corrected chi connectivity index (χ4v) is 4.28. The van der Waals surface area contributed by atoms with E-state index in [1.165, 1.54) is 0 Å². The monoisotopic (exact) mass is 333 g/mol. The fourth-order valence-electron chi connectivity index (χ4n) is 4.08. The normalized spacial score (nSPS) is 20.8. The number of hydrogen-bond donors (Lipinski definition) is 1. The highest BCUT2D eigenvalue weighted by Gasteiger charge is 2.61. The number of ether oxygens (including phenoxy) is 1. The maximum atomic E-state index is 6.27. The number of nitrogens with one attached hydrogen (secondary N) is 1. The van der Waals surface area contributed by atoms with Gasteiger partial charge in [-0.15, -0.1) is 10.2 Å². The number of nitrogens with zero attached hydrogens (tertiary/aromatic N) is 4. The molecule has 1 aliphatic heterocycles. The van der Waals surface area contributed by atoms with Crippen LogP contribution in [0.2, 0.25) is 5.15 Å².